The molecule has 0 aliphatic heterocycles. The normalized spacial score (nSPS) is 14.1. The number of nitrogens with one attached hydrogen (secondary N) is 2. The molecule has 3 amide bonds. The van der Waals surface area contributed by atoms with Crippen molar-refractivity contribution in [3.05, 3.63) is 35.9 Å². The Balaban J connectivity index is 3.35. The summed E-state index contributed by atoms with van der Waals surface area (Å²) in [5.41, 5.74) is 0.0552. The van der Waals surface area contributed by atoms with Crippen LogP contribution in [0.5, 0.6) is 0 Å². The average molecular weight is 476 g/mol. The minimum atomic E-state index is -0.831. The summed E-state index contributed by atoms with van der Waals surface area (Å²) in [6.45, 7) is 15.7. The SMILES string of the molecule is CCCCCNC(=O)C(c1ccccc1)N(C(=O)C(NC(=O)OC(C)(C)C)C(C)C)C(C)CC. The number of nitrogens with zero attached hydrogens (tertiary/aromatic N) is 1. The lowest BCUT2D eigenvalue weighted by Gasteiger charge is -2.39. The second kappa shape index (κ2) is 14.0. The number of amides is 3. The van der Waals surface area contributed by atoms with Crippen molar-refractivity contribution in [2.75, 3.05) is 6.54 Å². The number of hydrogen-bond donors (Lipinski definition) is 2. The summed E-state index contributed by atoms with van der Waals surface area (Å²) in [7, 11) is 0. The van der Waals surface area contributed by atoms with Gasteiger partial charge in [0.25, 0.3) is 0 Å². The van der Waals surface area contributed by atoms with Gasteiger partial charge in [0.2, 0.25) is 11.8 Å². The largest absolute Gasteiger partial charge is 0.444 e. The van der Waals surface area contributed by atoms with Crippen LogP contribution in [-0.4, -0.2) is 47.0 Å². The van der Waals surface area contributed by atoms with Crippen LogP contribution in [0.25, 0.3) is 0 Å². The third-order valence-corrected chi connectivity index (χ3v) is 5.65. The first-order valence-corrected chi connectivity index (χ1v) is 12.6. The lowest BCUT2D eigenvalue weighted by Crippen LogP contribution is -2.57. The van der Waals surface area contributed by atoms with Crippen molar-refractivity contribution in [2.45, 2.75) is 105 Å². The first-order chi connectivity index (χ1) is 15.9. The summed E-state index contributed by atoms with van der Waals surface area (Å²) in [4.78, 5) is 41.6. The number of carbonyl (C=O) groups is 3. The van der Waals surface area contributed by atoms with Crippen LogP contribution in [0.2, 0.25) is 0 Å². The molecule has 0 saturated heterocycles. The van der Waals surface area contributed by atoms with Gasteiger partial charge in [0.1, 0.15) is 17.7 Å². The van der Waals surface area contributed by atoms with Crippen LogP contribution in [0, 0.1) is 5.92 Å². The Morgan fingerprint density at radius 3 is 2.12 bits per heavy atom. The highest BCUT2D eigenvalue weighted by Gasteiger charge is 2.39. The predicted molar refractivity (Wildman–Crippen MR) is 136 cm³/mol. The van der Waals surface area contributed by atoms with Crippen LogP contribution in [0.3, 0.4) is 0 Å². The van der Waals surface area contributed by atoms with Gasteiger partial charge in [-0.2, -0.15) is 0 Å². The van der Waals surface area contributed by atoms with E-state index in [2.05, 4.69) is 17.6 Å². The van der Waals surface area contributed by atoms with E-state index in [1.807, 2.05) is 58.0 Å². The summed E-state index contributed by atoms with van der Waals surface area (Å²) >= 11 is 0. The molecule has 0 radical (unpaired) electrons. The van der Waals surface area contributed by atoms with Crippen LogP contribution in [0.4, 0.5) is 4.79 Å². The maximum absolute atomic E-state index is 14.0. The molecule has 3 unspecified atom stereocenters. The lowest BCUT2D eigenvalue weighted by atomic mass is 9.96. The molecular formula is C27H45N3O4. The summed E-state index contributed by atoms with van der Waals surface area (Å²) in [6, 6.07) is 7.50. The zero-order valence-electron chi connectivity index (χ0n) is 22.3. The van der Waals surface area contributed by atoms with Crippen molar-refractivity contribution in [1.29, 1.82) is 0 Å². The van der Waals surface area contributed by atoms with Gasteiger partial charge in [-0.25, -0.2) is 4.79 Å². The van der Waals surface area contributed by atoms with Crippen molar-refractivity contribution in [2.24, 2.45) is 5.92 Å². The van der Waals surface area contributed by atoms with Gasteiger partial charge in [0, 0.05) is 12.6 Å². The van der Waals surface area contributed by atoms with Crippen LogP contribution >= 0.6 is 0 Å². The Morgan fingerprint density at radius 2 is 1.62 bits per heavy atom. The van der Waals surface area contributed by atoms with E-state index in [-0.39, 0.29) is 23.8 Å². The summed E-state index contributed by atoms with van der Waals surface area (Å²) in [6.07, 6.45) is 2.98. The fourth-order valence-electron chi connectivity index (χ4n) is 3.66. The third kappa shape index (κ3) is 9.35. The summed E-state index contributed by atoms with van der Waals surface area (Å²) in [5, 5.41) is 5.78. The Kier molecular flexibility index (Phi) is 12.1. The third-order valence-electron chi connectivity index (χ3n) is 5.65. The van der Waals surface area contributed by atoms with E-state index in [0.29, 0.717) is 13.0 Å². The predicted octanol–water partition coefficient (Wildman–Crippen LogP) is 5.21. The van der Waals surface area contributed by atoms with Gasteiger partial charge in [-0.15, -0.1) is 0 Å². The maximum atomic E-state index is 14.0. The quantitative estimate of drug-likeness (QED) is 0.406. The van der Waals surface area contributed by atoms with Crippen LogP contribution < -0.4 is 10.6 Å². The number of rotatable bonds is 12. The van der Waals surface area contributed by atoms with Crippen molar-refractivity contribution in [3.63, 3.8) is 0 Å². The number of hydrogen-bond acceptors (Lipinski definition) is 4. The molecule has 1 aromatic rings. The van der Waals surface area contributed by atoms with Gasteiger partial charge in [0.15, 0.2) is 0 Å². The van der Waals surface area contributed by atoms with Crippen molar-refractivity contribution < 1.29 is 19.1 Å². The summed E-state index contributed by atoms with van der Waals surface area (Å²) in [5.74, 6) is -0.709. The molecule has 7 nitrogen and oxygen atoms in total. The Morgan fingerprint density at radius 1 is 1.00 bits per heavy atom. The monoisotopic (exact) mass is 475 g/mol. The fraction of sp³-hybridized carbons (Fsp3) is 0.667. The van der Waals surface area contributed by atoms with Gasteiger partial charge in [0.05, 0.1) is 0 Å². The number of ether oxygens (including phenoxy) is 1. The highest BCUT2D eigenvalue weighted by atomic mass is 16.6. The highest BCUT2D eigenvalue weighted by Crippen LogP contribution is 2.27. The Hall–Kier alpha value is -2.57. The van der Waals surface area contributed by atoms with E-state index in [1.54, 1.807) is 25.7 Å². The highest BCUT2D eigenvalue weighted by molar-refractivity contribution is 5.92. The Labute approximate surface area is 206 Å². The van der Waals surface area contributed by atoms with Gasteiger partial charge < -0.3 is 20.3 Å². The molecule has 0 aromatic heterocycles. The van der Waals surface area contributed by atoms with E-state index in [1.165, 1.54) is 0 Å². The maximum Gasteiger partial charge on any atom is 0.408 e. The van der Waals surface area contributed by atoms with Gasteiger partial charge >= 0.3 is 6.09 Å². The number of carbonyl (C=O) groups excluding carboxylic acids is 3. The van der Waals surface area contributed by atoms with E-state index in [9.17, 15) is 14.4 Å². The molecule has 1 aromatic carbocycles. The molecule has 0 fully saturated rings. The minimum absolute atomic E-state index is 0.199. The number of unbranched alkanes of at least 4 members (excludes halogenated alkanes) is 2. The molecule has 0 bridgehead atoms. The van der Waals surface area contributed by atoms with Gasteiger partial charge in [-0.05, 0) is 52.0 Å². The van der Waals surface area contributed by atoms with Crippen molar-refractivity contribution in [1.82, 2.24) is 15.5 Å². The molecule has 1 rings (SSSR count). The molecular weight excluding hydrogens is 430 g/mol. The molecule has 2 N–H and O–H groups in total. The zero-order chi connectivity index (χ0) is 25.9. The molecule has 0 saturated carbocycles. The van der Waals surface area contributed by atoms with Crippen molar-refractivity contribution in [3.8, 4) is 0 Å². The molecule has 3 atom stereocenters. The molecule has 0 aliphatic carbocycles. The first kappa shape index (κ1) is 29.5. The van der Waals surface area contributed by atoms with E-state index in [0.717, 1.165) is 24.8 Å². The summed E-state index contributed by atoms with van der Waals surface area (Å²) < 4.78 is 5.40. The second-order valence-electron chi connectivity index (χ2n) is 10.2. The van der Waals surface area contributed by atoms with E-state index >= 15 is 0 Å². The van der Waals surface area contributed by atoms with Gasteiger partial charge in [-0.1, -0.05) is 70.9 Å². The van der Waals surface area contributed by atoms with Gasteiger partial charge in [-0.3, -0.25) is 9.59 Å². The topological polar surface area (TPSA) is 87.7 Å². The molecule has 0 spiro atoms. The van der Waals surface area contributed by atoms with Crippen LogP contribution in [-0.2, 0) is 14.3 Å². The van der Waals surface area contributed by atoms with Crippen molar-refractivity contribution >= 4 is 17.9 Å². The average Bonchev–Trinajstić information content (AvgIpc) is 2.76. The molecule has 0 aliphatic rings. The molecule has 192 valence electrons. The Bertz CT molecular complexity index is 774. The smallest absolute Gasteiger partial charge is 0.408 e. The standard InChI is InChI=1S/C27H45N3O4/c1-9-11-15-18-28-24(31)23(21-16-13-12-14-17-21)30(20(5)10-2)25(32)22(19(3)4)29-26(33)34-27(6,7)8/h12-14,16-17,19-20,22-23H,9-11,15,18H2,1-8H3,(H,28,31)(H,29,33). The van der Waals surface area contributed by atoms with E-state index in [4.69, 9.17) is 4.74 Å². The molecule has 7 heteroatoms. The minimum Gasteiger partial charge on any atom is -0.444 e. The fourth-order valence-corrected chi connectivity index (χ4v) is 3.66. The van der Waals surface area contributed by atoms with E-state index < -0.39 is 23.8 Å². The van der Waals surface area contributed by atoms with Crippen LogP contribution in [0.15, 0.2) is 30.3 Å². The van der Waals surface area contributed by atoms with Crippen LogP contribution in [0.1, 0.15) is 92.7 Å². The first-order valence-electron chi connectivity index (χ1n) is 12.6. The molecule has 0 heterocycles. The molecule has 34 heavy (non-hydrogen) atoms. The second-order valence-corrected chi connectivity index (χ2v) is 10.2. The number of benzene rings is 1. The lowest BCUT2D eigenvalue weighted by molar-refractivity contribution is -0.146. The number of alkyl carbamates (subject to hydrolysis) is 1. The zero-order valence-corrected chi connectivity index (χ0v) is 22.3.